The zero-order chi connectivity index (χ0) is 16.2. The van der Waals surface area contributed by atoms with Crippen molar-refractivity contribution in [2.45, 2.75) is 34.1 Å². The lowest BCUT2D eigenvalue weighted by Crippen LogP contribution is -2.09. The van der Waals surface area contributed by atoms with Crippen molar-refractivity contribution in [1.29, 1.82) is 0 Å². The number of hydrogen-bond donors (Lipinski definition) is 1. The van der Waals surface area contributed by atoms with Crippen molar-refractivity contribution < 1.29 is 19.5 Å². The van der Waals surface area contributed by atoms with Gasteiger partial charge in [0.1, 0.15) is 0 Å². The highest BCUT2D eigenvalue weighted by Crippen LogP contribution is 2.15. The van der Waals surface area contributed by atoms with Crippen LogP contribution in [0.2, 0.25) is 0 Å². The van der Waals surface area contributed by atoms with E-state index >= 15 is 0 Å². The second-order valence-electron chi connectivity index (χ2n) is 5.10. The highest BCUT2D eigenvalue weighted by atomic mass is 16.4. The average molecular weight is 302 g/mol. The van der Waals surface area contributed by atoms with Crippen LogP contribution in [-0.4, -0.2) is 22.6 Å². The third-order valence-electron chi connectivity index (χ3n) is 2.98. The third kappa shape index (κ3) is 5.48. The van der Waals surface area contributed by atoms with Gasteiger partial charge in [-0.25, -0.2) is 4.79 Å². The SMILES string of the molecule is C.C=C(C)C(=O)Cc1cc(CC(=O)C(=C)C)cc(C(=O)O)c1. The second-order valence-corrected chi connectivity index (χ2v) is 5.10. The van der Waals surface area contributed by atoms with Crippen LogP contribution in [0.3, 0.4) is 0 Å². The molecule has 0 fully saturated rings. The Labute approximate surface area is 131 Å². The fourth-order valence-electron chi connectivity index (χ4n) is 1.76. The summed E-state index contributed by atoms with van der Waals surface area (Å²) in [6.45, 7) is 10.4. The largest absolute Gasteiger partial charge is 0.478 e. The number of carboxylic acids is 1. The van der Waals surface area contributed by atoms with Gasteiger partial charge in [-0.05, 0) is 48.3 Å². The molecule has 1 N–H and O–H groups in total. The highest BCUT2D eigenvalue weighted by Gasteiger charge is 2.12. The van der Waals surface area contributed by atoms with Gasteiger partial charge in [-0.3, -0.25) is 9.59 Å². The van der Waals surface area contributed by atoms with Gasteiger partial charge in [0, 0.05) is 12.8 Å². The molecule has 0 aliphatic heterocycles. The van der Waals surface area contributed by atoms with Gasteiger partial charge < -0.3 is 5.11 Å². The Bertz CT molecular complexity index is 592. The monoisotopic (exact) mass is 302 g/mol. The van der Waals surface area contributed by atoms with Crippen LogP contribution >= 0.6 is 0 Å². The Hall–Kier alpha value is -2.49. The summed E-state index contributed by atoms with van der Waals surface area (Å²) in [7, 11) is 0. The molecular weight excluding hydrogens is 280 g/mol. The fourth-order valence-corrected chi connectivity index (χ4v) is 1.76. The van der Waals surface area contributed by atoms with Crippen LogP contribution in [0.4, 0.5) is 0 Å². The van der Waals surface area contributed by atoms with Gasteiger partial charge in [-0.15, -0.1) is 0 Å². The molecule has 4 nitrogen and oxygen atoms in total. The van der Waals surface area contributed by atoms with Gasteiger partial charge in [0.05, 0.1) is 5.56 Å². The Morgan fingerprint density at radius 2 is 1.27 bits per heavy atom. The Balaban J connectivity index is 0.00000441. The minimum atomic E-state index is -1.09. The number of benzene rings is 1. The number of carbonyl (C=O) groups is 3. The molecule has 0 unspecified atom stereocenters. The lowest BCUT2D eigenvalue weighted by Gasteiger charge is -2.07. The summed E-state index contributed by atoms with van der Waals surface area (Å²) < 4.78 is 0. The van der Waals surface area contributed by atoms with E-state index in [0.717, 1.165) is 0 Å². The molecule has 1 rings (SSSR count). The standard InChI is InChI=1S/C17H18O4.CH4/c1-10(2)15(18)8-12-5-13(9-16(19)11(3)4)7-14(6-12)17(20)21;/h5-7H,1,3,8-9H2,2,4H3,(H,20,21);1H4. The Morgan fingerprint density at radius 3 is 1.55 bits per heavy atom. The zero-order valence-corrected chi connectivity index (χ0v) is 12.2. The smallest absolute Gasteiger partial charge is 0.335 e. The molecule has 1 aromatic carbocycles. The maximum atomic E-state index is 11.7. The molecule has 22 heavy (non-hydrogen) atoms. The van der Waals surface area contributed by atoms with Crippen LogP contribution in [0.1, 0.15) is 42.8 Å². The van der Waals surface area contributed by atoms with E-state index < -0.39 is 5.97 Å². The van der Waals surface area contributed by atoms with Gasteiger partial charge >= 0.3 is 5.97 Å². The first-order chi connectivity index (χ1) is 9.70. The molecule has 118 valence electrons. The van der Waals surface area contributed by atoms with E-state index in [1.165, 1.54) is 12.1 Å². The van der Waals surface area contributed by atoms with Crippen LogP contribution in [0.25, 0.3) is 0 Å². The van der Waals surface area contributed by atoms with Crippen LogP contribution in [0.15, 0.2) is 42.5 Å². The zero-order valence-electron chi connectivity index (χ0n) is 12.2. The average Bonchev–Trinajstić information content (AvgIpc) is 2.37. The second kappa shape index (κ2) is 8.08. The van der Waals surface area contributed by atoms with Crippen LogP contribution in [0.5, 0.6) is 0 Å². The molecule has 0 spiro atoms. The molecule has 1 aromatic rings. The van der Waals surface area contributed by atoms with Gasteiger partial charge in [0.25, 0.3) is 0 Å². The van der Waals surface area contributed by atoms with Crippen LogP contribution < -0.4 is 0 Å². The number of carbonyl (C=O) groups excluding carboxylic acids is 2. The van der Waals surface area contributed by atoms with Crippen molar-refractivity contribution >= 4 is 17.5 Å². The van der Waals surface area contributed by atoms with Gasteiger partial charge in [-0.1, -0.05) is 26.7 Å². The molecule has 0 bridgehead atoms. The minimum absolute atomic E-state index is 0. The lowest BCUT2D eigenvalue weighted by atomic mass is 9.96. The molecule has 4 heteroatoms. The number of aromatic carboxylic acids is 1. The van der Waals surface area contributed by atoms with Crippen molar-refractivity contribution in [1.82, 2.24) is 0 Å². The van der Waals surface area contributed by atoms with Gasteiger partial charge in [0.15, 0.2) is 11.6 Å². The molecule has 0 heterocycles. The number of hydrogen-bond acceptors (Lipinski definition) is 3. The molecule has 0 aromatic heterocycles. The molecule has 0 atom stereocenters. The number of Topliss-reactive ketones (excluding diaryl/α,β-unsaturated/α-hetero) is 2. The first kappa shape index (κ1) is 19.5. The van der Waals surface area contributed by atoms with E-state index in [9.17, 15) is 14.4 Å². The van der Waals surface area contributed by atoms with Crippen molar-refractivity contribution in [2.24, 2.45) is 0 Å². The van der Waals surface area contributed by atoms with E-state index in [4.69, 9.17) is 5.11 Å². The molecule has 0 saturated heterocycles. The molecule has 0 aliphatic rings. The summed E-state index contributed by atoms with van der Waals surface area (Å²) in [4.78, 5) is 34.6. The Morgan fingerprint density at radius 1 is 0.909 bits per heavy atom. The van der Waals surface area contributed by atoms with Crippen molar-refractivity contribution in [3.63, 3.8) is 0 Å². The molecular formula is C18H22O4. The van der Waals surface area contributed by atoms with Gasteiger partial charge in [-0.2, -0.15) is 0 Å². The summed E-state index contributed by atoms with van der Waals surface area (Å²) in [6.07, 6.45) is 0.148. The van der Waals surface area contributed by atoms with E-state index in [2.05, 4.69) is 13.2 Å². The summed E-state index contributed by atoms with van der Waals surface area (Å²) in [5.74, 6) is -1.41. The molecule has 0 saturated carbocycles. The number of ketones is 2. The first-order valence-corrected chi connectivity index (χ1v) is 6.44. The maximum Gasteiger partial charge on any atom is 0.335 e. The Kier molecular flexibility index (Phi) is 7.16. The summed E-state index contributed by atoms with van der Waals surface area (Å²) >= 11 is 0. The summed E-state index contributed by atoms with van der Waals surface area (Å²) in [5, 5.41) is 9.12. The van der Waals surface area contributed by atoms with Crippen molar-refractivity contribution in [3.8, 4) is 0 Å². The lowest BCUT2D eigenvalue weighted by molar-refractivity contribution is -0.115. The van der Waals surface area contributed by atoms with Crippen molar-refractivity contribution in [2.75, 3.05) is 0 Å². The maximum absolute atomic E-state index is 11.7. The van der Waals surface area contributed by atoms with Gasteiger partial charge in [0.2, 0.25) is 0 Å². The quantitative estimate of drug-likeness (QED) is 0.784. The van der Waals surface area contributed by atoms with Crippen LogP contribution in [-0.2, 0) is 22.4 Å². The predicted molar refractivity (Wildman–Crippen MR) is 87.2 cm³/mol. The number of allylic oxidation sites excluding steroid dienone is 2. The van der Waals surface area contributed by atoms with E-state index in [1.807, 2.05) is 0 Å². The van der Waals surface area contributed by atoms with E-state index in [1.54, 1.807) is 19.9 Å². The third-order valence-corrected chi connectivity index (χ3v) is 2.98. The minimum Gasteiger partial charge on any atom is -0.478 e. The van der Waals surface area contributed by atoms with Crippen LogP contribution in [0, 0.1) is 0 Å². The summed E-state index contributed by atoms with van der Waals surface area (Å²) in [6, 6.07) is 4.56. The highest BCUT2D eigenvalue weighted by molar-refractivity contribution is 5.97. The number of carboxylic acid groups (broad SMARTS) is 1. The summed E-state index contributed by atoms with van der Waals surface area (Å²) in [5.41, 5.74) is 2.01. The molecule has 0 aliphatic carbocycles. The topological polar surface area (TPSA) is 71.4 Å². The predicted octanol–water partition coefficient (Wildman–Crippen LogP) is 3.40. The van der Waals surface area contributed by atoms with E-state index in [0.29, 0.717) is 22.3 Å². The number of rotatable bonds is 7. The fraction of sp³-hybridized carbons (Fsp3) is 0.278. The van der Waals surface area contributed by atoms with E-state index in [-0.39, 0.29) is 37.4 Å². The normalized spacial score (nSPS) is 9.55. The first-order valence-electron chi connectivity index (χ1n) is 6.44. The molecule has 0 amide bonds. The van der Waals surface area contributed by atoms with Crippen molar-refractivity contribution in [3.05, 3.63) is 59.2 Å². The molecule has 0 radical (unpaired) electrons.